The van der Waals surface area contributed by atoms with Crippen molar-refractivity contribution in [2.75, 3.05) is 6.54 Å². The first-order valence-electron chi connectivity index (χ1n) is 6.30. The van der Waals surface area contributed by atoms with Crippen molar-refractivity contribution in [1.82, 2.24) is 10.6 Å². The molecule has 0 radical (unpaired) electrons. The van der Waals surface area contributed by atoms with Gasteiger partial charge in [-0.2, -0.15) is 0 Å². The molecule has 17 heavy (non-hydrogen) atoms. The Morgan fingerprint density at radius 3 is 2.88 bits per heavy atom. The highest BCUT2D eigenvalue weighted by atomic mass is 16.1. The molecule has 92 valence electrons. The standard InChI is InChI=1S/C14H20N2O/c1-11-9-13(7-8-15-11)16-14(17)10-12-5-3-2-4-6-12/h2-6,11,13,15H,7-10H2,1H3,(H,16,17). The van der Waals surface area contributed by atoms with E-state index in [1.807, 2.05) is 30.3 Å². The number of hydrogen-bond acceptors (Lipinski definition) is 2. The molecule has 1 amide bonds. The third-order valence-corrected chi connectivity index (χ3v) is 3.20. The summed E-state index contributed by atoms with van der Waals surface area (Å²) in [5.74, 6) is 0.135. The van der Waals surface area contributed by atoms with Gasteiger partial charge in [-0.3, -0.25) is 4.79 Å². The molecule has 3 nitrogen and oxygen atoms in total. The Morgan fingerprint density at radius 1 is 1.41 bits per heavy atom. The molecule has 0 saturated carbocycles. The Morgan fingerprint density at radius 2 is 2.18 bits per heavy atom. The fourth-order valence-electron chi connectivity index (χ4n) is 2.32. The zero-order chi connectivity index (χ0) is 12.1. The van der Waals surface area contributed by atoms with Crippen LogP contribution in [-0.2, 0) is 11.2 Å². The van der Waals surface area contributed by atoms with E-state index in [1.54, 1.807) is 0 Å². The minimum absolute atomic E-state index is 0.135. The zero-order valence-corrected chi connectivity index (χ0v) is 10.3. The second kappa shape index (κ2) is 5.82. The van der Waals surface area contributed by atoms with Crippen LogP contribution >= 0.6 is 0 Å². The topological polar surface area (TPSA) is 41.1 Å². The minimum Gasteiger partial charge on any atom is -0.353 e. The number of nitrogens with one attached hydrogen (secondary N) is 2. The summed E-state index contributed by atoms with van der Waals surface area (Å²) in [7, 11) is 0. The predicted octanol–water partition coefficient (Wildman–Crippen LogP) is 1.49. The van der Waals surface area contributed by atoms with Crippen LogP contribution in [0.15, 0.2) is 30.3 Å². The summed E-state index contributed by atoms with van der Waals surface area (Å²) < 4.78 is 0. The quantitative estimate of drug-likeness (QED) is 0.829. The molecule has 0 aliphatic carbocycles. The molecule has 1 saturated heterocycles. The smallest absolute Gasteiger partial charge is 0.224 e. The lowest BCUT2D eigenvalue weighted by Gasteiger charge is -2.28. The van der Waals surface area contributed by atoms with Crippen LogP contribution in [0.1, 0.15) is 25.3 Å². The molecule has 3 heteroatoms. The van der Waals surface area contributed by atoms with Gasteiger partial charge in [0.25, 0.3) is 0 Å². The number of benzene rings is 1. The third-order valence-electron chi connectivity index (χ3n) is 3.20. The molecule has 1 aromatic carbocycles. The molecule has 0 bridgehead atoms. The predicted molar refractivity (Wildman–Crippen MR) is 68.8 cm³/mol. The third kappa shape index (κ3) is 3.86. The molecule has 1 heterocycles. The second-order valence-corrected chi connectivity index (χ2v) is 4.81. The lowest BCUT2D eigenvalue weighted by Crippen LogP contribution is -2.46. The molecule has 1 aromatic rings. The molecule has 1 aliphatic rings. The van der Waals surface area contributed by atoms with E-state index in [0.717, 1.165) is 24.9 Å². The molecule has 2 atom stereocenters. The Hall–Kier alpha value is -1.35. The summed E-state index contributed by atoms with van der Waals surface area (Å²) in [5, 5.41) is 6.50. The number of carbonyl (C=O) groups excluding carboxylic acids is 1. The van der Waals surface area contributed by atoms with Crippen molar-refractivity contribution in [2.24, 2.45) is 0 Å². The summed E-state index contributed by atoms with van der Waals surface area (Å²) in [6.45, 7) is 3.16. The van der Waals surface area contributed by atoms with Crippen molar-refractivity contribution in [3.8, 4) is 0 Å². The minimum atomic E-state index is 0.135. The molecule has 0 aromatic heterocycles. The van der Waals surface area contributed by atoms with Gasteiger partial charge in [-0.05, 0) is 31.9 Å². The number of carbonyl (C=O) groups is 1. The molecular formula is C14H20N2O. The lowest BCUT2D eigenvalue weighted by molar-refractivity contribution is -0.121. The summed E-state index contributed by atoms with van der Waals surface area (Å²) in [6, 6.07) is 10.7. The lowest BCUT2D eigenvalue weighted by atomic mass is 10.0. The normalized spacial score (nSPS) is 24.3. The van der Waals surface area contributed by atoms with Crippen molar-refractivity contribution in [3.05, 3.63) is 35.9 Å². The highest BCUT2D eigenvalue weighted by molar-refractivity contribution is 5.78. The van der Waals surface area contributed by atoms with Crippen LogP contribution in [0.25, 0.3) is 0 Å². The highest BCUT2D eigenvalue weighted by Crippen LogP contribution is 2.08. The number of piperidine rings is 1. The fraction of sp³-hybridized carbons (Fsp3) is 0.500. The van der Waals surface area contributed by atoms with Crippen LogP contribution in [0.2, 0.25) is 0 Å². The first-order chi connectivity index (χ1) is 8.24. The SMILES string of the molecule is CC1CC(NC(=O)Cc2ccccc2)CCN1. The number of rotatable bonds is 3. The second-order valence-electron chi connectivity index (χ2n) is 4.81. The summed E-state index contributed by atoms with van der Waals surface area (Å²) in [4.78, 5) is 11.9. The maximum absolute atomic E-state index is 11.9. The van der Waals surface area contributed by atoms with Crippen LogP contribution < -0.4 is 10.6 Å². The van der Waals surface area contributed by atoms with Crippen LogP contribution in [-0.4, -0.2) is 24.5 Å². The van der Waals surface area contributed by atoms with Gasteiger partial charge in [-0.1, -0.05) is 30.3 Å². The van der Waals surface area contributed by atoms with E-state index in [9.17, 15) is 4.79 Å². The Balaban J connectivity index is 1.81. The van der Waals surface area contributed by atoms with Gasteiger partial charge in [0.15, 0.2) is 0 Å². The highest BCUT2D eigenvalue weighted by Gasteiger charge is 2.19. The van der Waals surface area contributed by atoms with E-state index in [1.165, 1.54) is 0 Å². The number of hydrogen-bond donors (Lipinski definition) is 2. The van der Waals surface area contributed by atoms with Crippen LogP contribution in [0.4, 0.5) is 0 Å². The Labute approximate surface area is 103 Å². The van der Waals surface area contributed by atoms with E-state index in [2.05, 4.69) is 17.6 Å². The van der Waals surface area contributed by atoms with Crippen molar-refractivity contribution < 1.29 is 4.79 Å². The number of amides is 1. The molecule has 1 fully saturated rings. The largest absolute Gasteiger partial charge is 0.353 e. The van der Waals surface area contributed by atoms with Crippen LogP contribution in [0.5, 0.6) is 0 Å². The molecular weight excluding hydrogens is 212 g/mol. The molecule has 2 N–H and O–H groups in total. The maximum Gasteiger partial charge on any atom is 0.224 e. The van der Waals surface area contributed by atoms with Gasteiger partial charge < -0.3 is 10.6 Å². The van der Waals surface area contributed by atoms with E-state index in [0.29, 0.717) is 18.5 Å². The molecule has 2 rings (SSSR count). The summed E-state index contributed by atoms with van der Waals surface area (Å²) >= 11 is 0. The maximum atomic E-state index is 11.9. The fourth-order valence-corrected chi connectivity index (χ4v) is 2.32. The van der Waals surface area contributed by atoms with E-state index >= 15 is 0 Å². The van der Waals surface area contributed by atoms with Gasteiger partial charge in [0.05, 0.1) is 6.42 Å². The first-order valence-corrected chi connectivity index (χ1v) is 6.30. The van der Waals surface area contributed by atoms with E-state index < -0.39 is 0 Å². The summed E-state index contributed by atoms with van der Waals surface area (Å²) in [5.41, 5.74) is 1.08. The average molecular weight is 232 g/mol. The summed E-state index contributed by atoms with van der Waals surface area (Å²) in [6.07, 6.45) is 2.55. The Kier molecular flexibility index (Phi) is 4.15. The van der Waals surface area contributed by atoms with Crippen molar-refractivity contribution in [1.29, 1.82) is 0 Å². The van der Waals surface area contributed by atoms with Crippen LogP contribution in [0, 0.1) is 0 Å². The average Bonchev–Trinajstić information content (AvgIpc) is 2.30. The van der Waals surface area contributed by atoms with Gasteiger partial charge in [0, 0.05) is 12.1 Å². The van der Waals surface area contributed by atoms with Gasteiger partial charge in [-0.15, -0.1) is 0 Å². The van der Waals surface area contributed by atoms with Gasteiger partial charge >= 0.3 is 0 Å². The zero-order valence-electron chi connectivity index (χ0n) is 10.3. The van der Waals surface area contributed by atoms with Crippen molar-refractivity contribution >= 4 is 5.91 Å². The monoisotopic (exact) mass is 232 g/mol. The molecule has 0 spiro atoms. The van der Waals surface area contributed by atoms with Gasteiger partial charge in [0.2, 0.25) is 5.91 Å². The van der Waals surface area contributed by atoms with Crippen molar-refractivity contribution in [2.45, 2.75) is 38.3 Å². The van der Waals surface area contributed by atoms with E-state index in [4.69, 9.17) is 0 Å². The molecule has 1 aliphatic heterocycles. The van der Waals surface area contributed by atoms with E-state index in [-0.39, 0.29) is 5.91 Å². The van der Waals surface area contributed by atoms with Gasteiger partial charge in [0.1, 0.15) is 0 Å². The molecule has 2 unspecified atom stereocenters. The van der Waals surface area contributed by atoms with Gasteiger partial charge in [-0.25, -0.2) is 0 Å². The Bertz CT molecular complexity index is 364. The van der Waals surface area contributed by atoms with Crippen LogP contribution in [0.3, 0.4) is 0 Å². The van der Waals surface area contributed by atoms with Crippen molar-refractivity contribution in [3.63, 3.8) is 0 Å². The first kappa shape index (κ1) is 12.1.